The summed E-state index contributed by atoms with van der Waals surface area (Å²) >= 11 is 2.06. The second kappa shape index (κ2) is 22.5. The molecule has 2 atom stereocenters. The van der Waals surface area contributed by atoms with Gasteiger partial charge in [0.05, 0.1) is 0 Å². The van der Waals surface area contributed by atoms with Crippen LogP contribution in [0.25, 0.3) is 0 Å². The van der Waals surface area contributed by atoms with Gasteiger partial charge in [0.1, 0.15) is 0 Å². The van der Waals surface area contributed by atoms with Gasteiger partial charge in [0.2, 0.25) is 0 Å². The molecular weight excluding hydrogens is 497 g/mol. The molecule has 0 aliphatic carbocycles. The van der Waals surface area contributed by atoms with Crippen LogP contribution in [0.1, 0.15) is 104 Å². The van der Waals surface area contributed by atoms with Crippen LogP contribution in [0, 0.1) is 0 Å². The highest BCUT2D eigenvalue weighted by atomic mass is 32.2. The third-order valence-corrected chi connectivity index (χ3v) is 14.8. The summed E-state index contributed by atoms with van der Waals surface area (Å²) in [5, 5.41) is 0.824. The summed E-state index contributed by atoms with van der Waals surface area (Å²) in [5.74, 6) is 0. The van der Waals surface area contributed by atoms with E-state index in [0.717, 1.165) is 24.9 Å². The minimum Gasteiger partial charge on any atom is -0.377 e. The zero-order valence-electron chi connectivity index (χ0n) is 24.3. The zero-order chi connectivity index (χ0) is 26.4. The van der Waals surface area contributed by atoms with Gasteiger partial charge >= 0.3 is 17.6 Å². The Balaban J connectivity index is 5.36. The molecule has 2 unspecified atom stereocenters. The summed E-state index contributed by atoms with van der Waals surface area (Å²) in [6.07, 6.45) is 17.9. The average Bonchev–Trinajstić information content (AvgIpc) is 2.89. The van der Waals surface area contributed by atoms with Crippen molar-refractivity contribution in [2.45, 2.75) is 126 Å². The van der Waals surface area contributed by atoms with Crippen LogP contribution in [0.15, 0.2) is 0 Å². The highest BCUT2D eigenvalue weighted by Crippen LogP contribution is 2.37. The first-order valence-corrected chi connectivity index (χ1v) is 18.7. The normalized spacial score (nSPS) is 14.4. The Morgan fingerprint density at radius 1 is 0.457 bits per heavy atom. The monoisotopic (exact) mass is 554 g/mol. The summed E-state index contributed by atoms with van der Waals surface area (Å²) in [6.45, 7) is 4.54. The fourth-order valence-corrected chi connectivity index (χ4v) is 11.2. The van der Waals surface area contributed by atoms with E-state index in [1.165, 1.54) is 77.0 Å². The van der Waals surface area contributed by atoms with Crippen LogP contribution >= 0.6 is 11.8 Å². The van der Waals surface area contributed by atoms with E-state index in [2.05, 4.69) is 25.6 Å². The lowest BCUT2D eigenvalue weighted by Crippen LogP contribution is -2.46. The second-order valence-corrected chi connectivity index (χ2v) is 17.1. The maximum atomic E-state index is 5.82. The van der Waals surface area contributed by atoms with E-state index < -0.39 is 17.6 Å². The first-order valence-electron chi connectivity index (χ1n) is 13.9. The highest BCUT2D eigenvalue weighted by molar-refractivity contribution is 8.00. The Morgan fingerprint density at radius 3 is 1.03 bits per heavy atom. The third kappa shape index (κ3) is 15.5. The molecule has 0 aromatic carbocycles. The minimum atomic E-state index is -2.67. The molecule has 0 aromatic heterocycles. The van der Waals surface area contributed by atoms with Crippen molar-refractivity contribution in [2.24, 2.45) is 0 Å². The molecule has 0 aromatic rings. The van der Waals surface area contributed by atoms with E-state index in [-0.39, 0.29) is 0 Å². The van der Waals surface area contributed by atoms with Crippen molar-refractivity contribution < 1.29 is 26.6 Å². The number of thioether (sulfide) groups is 1. The largest absolute Gasteiger partial charge is 0.501 e. The van der Waals surface area contributed by atoms with E-state index in [1.54, 1.807) is 42.7 Å². The Kier molecular flexibility index (Phi) is 22.9. The van der Waals surface area contributed by atoms with Crippen LogP contribution in [0.3, 0.4) is 0 Å². The minimum absolute atomic E-state index is 0.412. The van der Waals surface area contributed by atoms with Crippen molar-refractivity contribution in [3.63, 3.8) is 0 Å². The molecule has 0 aliphatic heterocycles. The smallest absolute Gasteiger partial charge is 0.377 e. The number of unbranched alkanes of at least 4 members (excludes halogenated alkanes) is 10. The van der Waals surface area contributed by atoms with Crippen molar-refractivity contribution in [3.05, 3.63) is 0 Å². The molecular formula is C26H58O6SSi2. The first-order chi connectivity index (χ1) is 16.9. The molecule has 0 N–H and O–H groups in total. The van der Waals surface area contributed by atoms with Gasteiger partial charge in [-0.3, -0.25) is 0 Å². The SMILES string of the molecule is CCCCCCCCC(C[Si](OC)(OC)OC)SC(CCCCCCCC)C[Si](OC)(OC)OC. The van der Waals surface area contributed by atoms with Crippen LogP contribution in [0.5, 0.6) is 0 Å². The number of rotatable bonds is 26. The predicted molar refractivity (Wildman–Crippen MR) is 154 cm³/mol. The zero-order valence-corrected chi connectivity index (χ0v) is 27.1. The molecule has 0 radical (unpaired) electrons. The van der Waals surface area contributed by atoms with Crippen molar-refractivity contribution in [2.75, 3.05) is 42.7 Å². The molecule has 0 saturated heterocycles. The van der Waals surface area contributed by atoms with Gasteiger partial charge in [0.15, 0.2) is 0 Å². The summed E-state index contributed by atoms with van der Waals surface area (Å²) < 4.78 is 34.9. The number of hydrogen-bond donors (Lipinski definition) is 0. The van der Waals surface area contributed by atoms with Gasteiger partial charge in [-0.2, -0.15) is 11.8 Å². The van der Waals surface area contributed by atoms with Crippen molar-refractivity contribution in [1.29, 1.82) is 0 Å². The van der Waals surface area contributed by atoms with Gasteiger partial charge in [0.25, 0.3) is 0 Å². The standard InChI is InChI=1S/C26H58O6SSi2/c1-9-11-13-15-17-19-21-25(23-34(27-3,28-4)29-5)33-26(22-20-18-16-14-12-10-2)24-35(30-6,31-7)32-8/h25-26H,9-24H2,1-8H3. The van der Waals surface area contributed by atoms with Crippen molar-refractivity contribution >= 4 is 29.4 Å². The maximum Gasteiger partial charge on any atom is 0.501 e. The molecule has 0 aliphatic rings. The molecule has 0 saturated carbocycles. The van der Waals surface area contributed by atoms with Gasteiger partial charge in [0, 0.05) is 65.2 Å². The lowest BCUT2D eigenvalue weighted by atomic mass is 10.1. The van der Waals surface area contributed by atoms with Crippen LogP contribution in [0.4, 0.5) is 0 Å². The molecule has 0 spiro atoms. The van der Waals surface area contributed by atoms with Crippen molar-refractivity contribution in [1.82, 2.24) is 0 Å². The predicted octanol–water partition coefficient (Wildman–Crippen LogP) is 7.71. The fraction of sp³-hybridized carbons (Fsp3) is 1.00. The molecule has 0 heterocycles. The van der Waals surface area contributed by atoms with Crippen LogP contribution < -0.4 is 0 Å². The molecule has 0 amide bonds. The topological polar surface area (TPSA) is 55.4 Å². The molecule has 9 heteroatoms. The lowest BCUT2D eigenvalue weighted by Gasteiger charge is -2.33. The molecule has 0 bridgehead atoms. The van der Waals surface area contributed by atoms with Gasteiger partial charge in [-0.05, 0) is 12.8 Å². The first kappa shape index (κ1) is 35.5. The van der Waals surface area contributed by atoms with Crippen molar-refractivity contribution in [3.8, 4) is 0 Å². The lowest BCUT2D eigenvalue weighted by molar-refractivity contribution is 0.123. The van der Waals surface area contributed by atoms with E-state index in [9.17, 15) is 0 Å². The highest BCUT2D eigenvalue weighted by Gasteiger charge is 2.44. The Hall–Kier alpha value is 0.544. The summed E-state index contributed by atoms with van der Waals surface area (Å²) in [5.41, 5.74) is 0. The second-order valence-electron chi connectivity index (χ2n) is 9.49. The van der Waals surface area contributed by atoms with Gasteiger partial charge in [-0.25, -0.2) is 0 Å². The summed E-state index contributed by atoms with van der Waals surface area (Å²) in [7, 11) is 4.99. The Bertz CT molecular complexity index is 411. The third-order valence-electron chi connectivity index (χ3n) is 6.97. The summed E-state index contributed by atoms with van der Waals surface area (Å²) in [4.78, 5) is 0. The molecule has 6 nitrogen and oxygen atoms in total. The Labute approximate surface area is 224 Å². The maximum absolute atomic E-state index is 5.82. The Morgan fingerprint density at radius 2 is 0.743 bits per heavy atom. The van der Waals surface area contributed by atoms with Gasteiger partial charge in [-0.15, -0.1) is 0 Å². The van der Waals surface area contributed by atoms with Gasteiger partial charge < -0.3 is 26.6 Å². The molecule has 0 fully saturated rings. The fourth-order valence-electron chi connectivity index (χ4n) is 4.57. The van der Waals surface area contributed by atoms with Gasteiger partial charge in [-0.1, -0.05) is 90.9 Å². The average molecular weight is 555 g/mol. The number of hydrogen-bond acceptors (Lipinski definition) is 7. The van der Waals surface area contributed by atoms with Crippen LogP contribution in [-0.4, -0.2) is 70.8 Å². The van der Waals surface area contributed by atoms with Crippen LogP contribution in [-0.2, 0) is 26.6 Å². The van der Waals surface area contributed by atoms with E-state index in [0.29, 0.717) is 10.5 Å². The van der Waals surface area contributed by atoms with E-state index in [1.807, 2.05) is 0 Å². The molecule has 35 heavy (non-hydrogen) atoms. The van der Waals surface area contributed by atoms with E-state index in [4.69, 9.17) is 26.6 Å². The van der Waals surface area contributed by atoms with Crippen LogP contribution in [0.2, 0.25) is 12.1 Å². The summed E-state index contributed by atoms with van der Waals surface area (Å²) in [6, 6.07) is 1.65. The molecule has 212 valence electrons. The molecule has 0 rings (SSSR count). The quantitative estimate of drug-likeness (QED) is 0.0801. The van der Waals surface area contributed by atoms with E-state index >= 15 is 0 Å².